The number of rotatable bonds is 2. The third kappa shape index (κ3) is 3.17. The Morgan fingerprint density at radius 1 is 1.50 bits per heavy atom. The summed E-state index contributed by atoms with van der Waals surface area (Å²) < 4.78 is 22.2. The quantitative estimate of drug-likeness (QED) is 0.694. The molecule has 0 aromatic heterocycles. The van der Waals surface area contributed by atoms with E-state index in [2.05, 4.69) is 5.32 Å². The molecule has 0 spiro atoms. The first-order chi connectivity index (χ1) is 6.41. The smallest absolute Gasteiger partial charge is 0.316 e. The van der Waals surface area contributed by atoms with E-state index in [1.807, 2.05) is 0 Å². The summed E-state index contributed by atoms with van der Waals surface area (Å²) in [6.07, 6.45) is 0.663. The molecular formula is C8H16N2O3S. The van der Waals surface area contributed by atoms with E-state index >= 15 is 0 Å². The second kappa shape index (κ2) is 4.16. The number of nitrogens with zero attached hydrogens (tertiary/aromatic N) is 1. The molecule has 1 rings (SSSR count). The van der Waals surface area contributed by atoms with Crippen molar-refractivity contribution in [3.05, 3.63) is 0 Å². The van der Waals surface area contributed by atoms with Crippen LogP contribution in [0.4, 0.5) is 4.79 Å². The molecule has 2 amide bonds. The molecule has 1 fully saturated rings. The van der Waals surface area contributed by atoms with Crippen molar-refractivity contribution < 1.29 is 13.2 Å². The van der Waals surface area contributed by atoms with Crippen LogP contribution < -0.4 is 5.32 Å². The Labute approximate surface area is 84.4 Å². The number of urea groups is 1. The minimum Gasteiger partial charge on any atom is -0.338 e. The van der Waals surface area contributed by atoms with Crippen LogP contribution in [0.5, 0.6) is 0 Å². The fourth-order valence-corrected chi connectivity index (χ4v) is 3.28. The summed E-state index contributed by atoms with van der Waals surface area (Å²) >= 11 is 0. The first-order valence-electron chi connectivity index (χ1n) is 4.56. The maximum atomic E-state index is 11.1. The van der Waals surface area contributed by atoms with Gasteiger partial charge in [-0.2, -0.15) is 0 Å². The minimum atomic E-state index is -2.83. The van der Waals surface area contributed by atoms with Gasteiger partial charge in [-0.3, -0.25) is 0 Å². The maximum absolute atomic E-state index is 11.1. The topological polar surface area (TPSA) is 66.5 Å². The summed E-state index contributed by atoms with van der Waals surface area (Å²) in [5, 5.41) is 2.68. The molecule has 0 radical (unpaired) electrons. The molecule has 1 aliphatic rings. The molecule has 82 valence electrons. The summed E-state index contributed by atoms with van der Waals surface area (Å²) in [4.78, 5) is 12.6. The molecule has 0 aromatic rings. The number of sulfone groups is 1. The van der Waals surface area contributed by atoms with Crippen molar-refractivity contribution in [2.75, 3.05) is 32.1 Å². The lowest BCUT2D eigenvalue weighted by Crippen LogP contribution is -2.37. The first kappa shape index (κ1) is 11.3. The van der Waals surface area contributed by atoms with Gasteiger partial charge < -0.3 is 10.2 Å². The minimum absolute atomic E-state index is 0.0869. The van der Waals surface area contributed by atoms with Gasteiger partial charge in [0.25, 0.3) is 0 Å². The molecule has 0 aliphatic carbocycles. The van der Waals surface area contributed by atoms with E-state index in [4.69, 9.17) is 0 Å². The van der Waals surface area contributed by atoms with E-state index in [1.54, 1.807) is 14.1 Å². The molecule has 1 saturated heterocycles. The van der Waals surface area contributed by atoms with Crippen molar-refractivity contribution in [2.45, 2.75) is 6.42 Å². The molecule has 0 bridgehead atoms. The highest BCUT2D eigenvalue weighted by molar-refractivity contribution is 7.91. The first-order valence-corrected chi connectivity index (χ1v) is 6.38. The SMILES string of the molecule is CN(C)C(=O)NCC1CCS(=O)(=O)C1. The van der Waals surface area contributed by atoms with E-state index in [1.165, 1.54) is 4.90 Å². The van der Waals surface area contributed by atoms with Gasteiger partial charge in [0.05, 0.1) is 11.5 Å². The van der Waals surface area contributed by atoms with Gasteiger partial charge >= 0.3 is 6.03 Å². The van der Waals surface area contributed by atoms with Crippen LogP contribution in [0.1, 0.15) is 6.42 Å². The molecule has 5 nitrogen and oxygen atoms in total. The molecule has 0 aromatic carbocycles. The van der Waals surface area contributed by atoms with Crippen molar-refractivity contribution >= 4 is 15.9 Å². The standard InChI is InChI=1S/C8H16N2O3S/c1-10(2)8(11)9-5-7-3-4-14(12,13)6-7/h7H,3-6H2,1-2H3,(H,9,11). The highest BCUT2D eigenvalue weighted by Gasteiger charge is 2.27. The average molecular weight is 220 g/mol. The molecule has 14 heavy (non-hydrogen) atoms. The Morgan fingerprint density at radius 3 is 2.57 bits per heavy atom. The maximum Gasteiger partial charge on any atom is 0.316 e. The average Bonchev–Trinajstić information content (AvgIpc) is 2.41. The van der Waals surface area contributed by atoms with Crippen molar-refractivity contribution in [1.82, 2.24) is 10.2 Å². The van der Waals surface area contributed by atoms with Crippen molar-refractivity contribution in [3.8, 4) is 0 Å². The van der Waals surface area contributed by atoms with Gasteiger partial charge in [0, 0.05) is 20.6 Å². The lowest BCUT2D eigenvalue weighted by molar-refractivity contribution is 0.216. The normalized spacial score (nSPS) is 24.6. The highest BCUT2D eigenvalue weighted by atomic mass is 32.2. The van der Waals surface area contributed by atoms with Gasteiger partial charge in [0.15, 0.2) is 9.84 Å². The van der Waals surface area contributed by atoms with E-state index in [0.717, 1.165) is 0 Å². The third-order valence-electron chi connectivity index (χ3n) is 2.27. The van der Waals surface area contributed by atoms with Crippen molar-refractivity contribution in [1.29, 1.82) is 0 Å². The highest BCUT2D eigenvalue weighted by Crippen LogP contribution is 2.17. The summed E-state index contributed by atoms with van der Waals surface area (Å²) in [6, 6.07) is -0.172. The molecule has 1 aliphatic heterocycles. The summed E-state index contributed by atoms with van der Waals surface area (Å²) in [6.45, 7) is 0.455. The van der Waals surface area contributed by atoms with Crippen LogP contribution in [-0.4, -0.2) is 51.5 Å². The van der Waals surface area contributed by atoms with Gasteiger partial charge in [-0.05, 0) is 12.3 Å². The largest absolute Gasteiger partial charge is 0.338 e. The predicted octanol–water partition coefficient (Wildman–Crippen LogP) is -0.308. The molecule has 0 saturated carbocycles. The second-order valence-corrected chi connectivity index (χ2v) is 6.08. The Kier molecular flexibility index (Phi) is 3.36. The molecule has 6 heteroatoms. The van der Waals surface area contributed by atoms with E-state index in [-0.39, 0.29) is 23.5 Å². The number of amides is 2. The third-order valence-corrected chi connectivity index (χ3v) is 4.11. The molecule has 1 atom stereocenters. The zero-order valence-corrected chi connectivity index (χ0v) is 9.30. The van der Waals surface area contributed by atoms with Crippen LogP contribution in [0.15, 0.2) is 0 Å². The van der Waals surface area contributed by atoms with Crippen molar-refractivity contribution in [3.63, 3.8) is 0 Å². The van der Waals surface area contributed by atoms with Gasteiger partial charge in [0.1, 0.15) is 0 Å². The van der Waals surface area contributed by atoms with E-state index in [9.17, 15) is 13.2 Å². The molecule has 1 heterocycles. The van der Waals surface area contributed by atoms with Crippen LogP contribution in [0.2, 0.25) is 0 Å². The van der Waals surface area contributed by atoms with Crippen LogP contribution in [0, 0.1) is 5.92 Å². The van der Waals surface area contributed by atoms with E-state index in [0.29, 0.717) is 13.0 Å². The number of carbonyl (C=O) groups is 1. The fraction of sp³-hybridized carbons (Fsp3) is 0.875. The Bertz CT molecular complexity index is 311. The lowest BCUT2D eigenvalue weighted by Gasteiger charge is -2.14. The fourth-order valence-electron chi connectivity index (χ4n) is 1.42. The molecule has 1 N–H and O–H groups in total. The predicted molar refractivity (Wildman–Crippen MR) is 53.8 cm³/mol. The lowest BCUT2D eigenvalue weighted by atomic mass is 10.1. The van der Waals surface area contributed by atoms with E-state index < -0.39 is 9.84 Å². The van der Waals surface area contributed by atoms with Gasteiger partial charge in [-0.1, -0.05) is 0 Å². The summed E-state index contributed by atoms with van der Waals surface area (Å²) in [5.74, 6) is 0.555. The zero-order valence-electron chi connectivity index (χ0n) is 8.49. The molecule has 1 unspecified atom stereocenters. The van der Waals surface area contributed by atoms with Gasteiger partial charge in [-0.15, -0.1) is 0 Å². The summed E-state index contributed by atoms with van der Waals surface area (Å²) in [7, 11) is 0.478. The van der Waals surface area contributed by atoms with Crippen LogP contribution in [0.3, 0.4) is 0 Å². The Morgan fingerprint density at radius 2 is 2.14 bits per heavy atom. The van der Waals surface area contributed by atoms with Gasteiger partial charge in [0.2, 0.25) is 0 Å². The van der Waals surface area contributed by atoms with Gasteiger partial charge in [-0.25, -0.2) is 13.2 Å². The summed E-state index contributed by atoms with van der Waals surface area (Å²) in [5.41, 5.74) is 0. The Hall–Kier alpha value is -0.780. The Balaban J connectivity index is 2.31. The molecular weight excluding hydrogens is 204 g/mol. The number of nitrogens with one attached hydrogen (secondary N) is 1. The number of hydrogen-bond donors (Lipinski definition) is 1. The van der Waals surface area contributed by atoms with Crippen LogP contribution >= 0.6 is 0 Å². The monoisotopic (exact) mass is 220 g/mol. The second-order valence-electron chi connectivity index (χ2n) is 3.85. The van der Waals surface area contributed by atoms with Crippen molar-refractivity contribution in [2.24, 2.45) is 5.92 Å². The van der Waals surface area contributed by atoms with Crippen LogP contribution in [-0.2, 0) is 9.84 Å². The zero-order chi connectivity index (χ0) is 10.8. The number of carbonyl (C=O) groups excluding carboxylic acids is 1. The number of hydrogen-bond acceptors (Lipinski definition) is 3. The van der Waals surface area contributed by atoms with Crippen LogP contribution in [0.25, 0.3) is 0 Å².